The number of hydrogen-bond acceptors (Lipinski definition) is 4. The molecular weight excluding hydrogens is 324 g/mol. The zero-order chi connectivity index (χ0) is 18.0. The van der Waals surface area contributed by atoms with Crippen LogP contribution in [0, 0.1) is 12.3 Å². The van der Waals surface area contributed by atoms with Crippen LogP contribution >= 0.6 is 0 Å². The van der Waals surface area contributed by atoms with Gasteiger partial charge in [0.05, 0.1) is 0 Å². The third-order valence-corrected chi connectivity index (χ3v) is 5.81. The van der Waals surface area contributed by atoms with Crippen LogP contribution in [0.1, 0.15) is 36.8 Å². The molecule has 2 aromatic heterocycles. The molecule has 4 rings (SSSR count). The molecule has 1 amide bonds. The van der Waals surface area contributed by atoms with E-state index in [-0.39, 0.29) is 11.3 Å². The molecule has 4 heterocycles. The first-order valence-electron chi connectivity index (χ1n) is 9.49. The largest absolute Gasteiger partial charge is 0.356 e. The first-order valence-corrected chi connectivity index (χ1v) is 9.49. The van der Waals surface area contributed by atoms with Gasteiger partial charge in [-0.15, -0.1) is 0 Å². The maximum atomic E-state index is 12.5. The Labute approximate surface area is 155 Å². The summed E-state index contributed by atoms with van der Waals surface area (Å²) in [5, 5.41) is 0. The molecule has 2 saturated heterocycles. The van der Waals surface area contributed by atoms with E-state index in [0.717, 1.165) is 43.9 Å². The molecule has 0 unspecified atom stereocenters. The molecular formula is C21H26N4O. The molecule has 0 aromatic carbocycles. The quantitative estimate of drug-likeness (QED) is 0.853. The van der Waals surface area contributed by atoms with Gasteiger partial charge >= 0.3 is 0 Å². The second kappa shape index (κ2) is 7.06. The summed E-state index contributed by atoms with van der Waals surface area (Å²) >= 11 is 0. The van der Waals surface area contributed by atoms with Crippen LogP contribution in [0.15, 0.2) is 42.9 Å². The Hall–Kier alpha value is -2.43. The van der Waals surface area contributed by atoms with Crippen molar-refractivity contribution < 1.29 is 4.79 Å². The molecule has 5 heteroatoms. The standard InChI is InChI=1S/C21H26N4O/c1-17-4-2-10-23-20(17)24-13-3-8-21(15-24)9-5-19(26)25(16-21)14-18-6-11-22-12-7-18/h2,4,6-7,10-12H,3,5,8-9,13-16H2,1H3/t21-/m1/s1. The van der Waals surface area contributed by atoms with E-state index in [0.29, 0.717) is 13.0 Å². The number of hydrogen-bond donors (Lipinski definition) is 0. The molecule has 1 atom stereocenters. The molecule has 2 aliphatic rings. The average Bonchev–Trinajstić information content (AvgIpc) is 2.66. The Bertz CT molecular complexity index is 779. The molecule has 0 bridgehead atoms. The van der Waals surface area contributed by atoms with Crippen molar-refractivity contribution in [2.75, 3.05) is 24.5 Å². The zero-order valence-corrected chi connectivity index (χ0v) is 15.4. The Morgan fingerprint density at radius 3 is 2.77 bits per heavy atom. The van der Waals surface area contributed by atoms with Crippen molar-refractivity contribution in [2.45, 2.75) is 39.2 Å². The fraction of sp³-hybridized carbons (Fsp3) is 0.476. The summed E-state index contributed by atoms with van der Waals surface area (Å²) in [5.74, 6) is 1.38. The number of rotatable bonds is 3. The van der Waals surface area contributed by atoms with Crippen LogP contribution in [0.3, 0.4) is 0 Å². The minimum atomic E-state index is 0.184. The van der Waals surface area contributed by atoms with Crippen molar-refractivity contribution >= 4 is 11.7 Å². The second-order valence-corrected chi connectivity index (χ2v) is 7.77. The summed E-state index contributed by atoms with van der Waals surface area (Å²) in [6.07, 6.45) is 9.46. The summed E-state index contributed by atoms with van der Waals surface area (Å²) in [4.78, 5) is 25.7. The number of carbonyl (C=O) groups is 1. The van der Waals surface area contributed by atoms with Gasteiger partial charge in [0, 0.05) is 56.6 Å². The molecule has 26 heavy (non-hydrogen) atoms. The van der Waals surface area contributed by atoms with E-state index in [1.807, 2.05) is 29.3 Å². The molecule has 2 aromatic rings. The topological polar surface area (TPSA) is 49.3 Å². The maximum Gasteiger partial charge on any atom is 0.222 e. The highest BCUT2D eigenvalue weighted by atomic mass is 16.2. The number of nitrogens with zero attached hydrogens (tertiary/aromatic N) is 4. The number of amides is 1. The van der Waals surface area contributed by atoms with Crippen LogP contribution in [-0.2, 0) is 11.3 Å². The van der Waals surface area contributed by atoms with Crippen molar-refractivity contribution in [3.8, 4) is 0 Å². The molecule has 0 saturated carbocycles. The van der Waals surface area contributed by atoms with Gasteiger partial charge in [0.2, 0.25) is 5.91 Å². The normalized spacial score (nSPS) is 23.5. The van der Waals surface area contributed by atoms with Gasteiger partial charge in [-0.2, -0.15) is 0 Å². The van der Waals surface area contributed by atoms with Gasteiger partial charge < -0.3 is 9.80 Å². The molecule has 136 valence electrons. The highest BCUT2D eigenvalue weighted by Gasteiger charge is 2.42. The summed E-state index contributed by atoms with van der Waals surface area (Å²) in [6, 6.07) is 8.12. The predicted molar refractivity (Wildman–Crippen MR) is 102 cm³/mol. The van der Waals surface area contributed by atoms with Crippen molar-refractivity contribution in [1.29, 1.82) is 0 Å². The minimum absolute atomic E-state index is 0.184. The SMILES string of the molecule is Cc1cccnc1N1CCC[C@@]2(CCC(=O)N(Cc3ccncc3)C2)C1. The summed E-state index contributed by atoms with van der Waals surface area (Å²) in [7, 11) is 0. The minimum Gasteiger partial charge on any atom is -0.356 e. The highest BCUT2D eigenvalue weighted by Crippen LogP contribution is 2.40. The molecule has 1 spiro atoms. The van der Waals surface area contributed by atoms with Gasteiger partial charge in [0.1, 0.15) is 5.82 Å². The van der Waals surface area contributed by atoms with Gasteiger partial charge in [0.25, 0.3) is 0 Å². The molecule has 0 N–H and O–H groups in total. The Kier molecular flexibility index (Phi) is 4.62. The van der Waals surface area contributed by atoms with E-state index in [9.17, 15) is 4.79 Å². The first-order chi connectivity index (χ1) is 12.7. The zero-order valence-electron chi connectivity index (χ0n) is 15.4. The van der Waals surface area contributed by atoms with Gasteiger partial charge in [-0.05, 0) is 55.5 Å². The number of anilines is 1. The van der Waals surface area contributed by atoms with E-state index in [1.54, 1.807) is 12.4 Å². The molecule has 2 fully saturated rings. The highest BCUT2D eigenvalue weighted by molar-refractivity contribution is 5.77. The number of pyridine rings is 2. The fourth-order valence-electron chi connectivity index (χ4n) is 4.49. The molecule has 0 aliphatic carbocycles. The van der Waals surface area contributed by atoms with Gasteiger partial charge in [-0.1, -0.05) is 6.07 Å². The van der Waals surface area contributed by atoms with E-state index in [1.165, 1.54) is 12.0 Å². The van der Waals surface area contributed by atoms with Gasteiger partial charge in [-0.25, -0.2) is 4.98 Å². The van der Waals surface area contributed by atoms with Crippen molar-refractivity contribution in [3.05, 3.63) is 54.0 Å². The predicted octanol–water partition coefficient (Wildman–Crippen LogP) is 3.19. The summed E-state index contributed by atoms with van der Waals surface area (Å²) in [5.41, 5.74) is 2.56. The third-order valence-electron chi connectivity index (χ3n) is 5.81. The lowest BCUT2D eigenvalue weighted by Gasteiger charge is -2.48. The van der Waals surface area contributed by atoms with Crippen LogP contribution in [0.4, 0.5) is 5.82 Å². The number of likely N-dealkylation sites (tertiary alicyclic amines) is 1. The molecule has 2 aliphatic heterocycles. The van der Waals surface area contributed by atoms with Crippen LogP contribution in [0.5, 0.6) is 0 Å². The van der Waals surface area contributed by atoms with Crippen LogP contribution in [-0.4, -0.2) is 40.4 Å². The number of aryl methyl sites for hydroxylation is 1. The number of piperidine rings is 2. The van der Waals surface area contributed by atoms with E-state index >= 15 is 0 Å². The summed E-state index contributed by atoms with van der Waals surface area (Å²) < 4.78 is 0. The lowest BCUT2D eigenvalue weighted by molar-refractivity contribution is -0.138. The van der Waals surface area contributed by atoms with E-state index in [2.05, 4.69) is 27.9 Å². The van der Waals surface area contributed by atoms with Gasteiger partial charge in [0.15, 0.2) is 0 Å². The van der Waals surface area contributed by atoms with Crippen LogP contribution < -0.4 is 4.90 Å². The van der Waals surface area contributed by atoms with Crippen molar-refractivity contribution in [2.24, 2.45) is 5.41 Å². The smallest absolute Gasteiger partial charge is 0.222 e. The van der Waals surface area contributed by atoms with E-state index < -0.39 is 0 Å². The van der Waals surface area contributed by atoms with Crippen molar-refractivity contribution in [3.63, 3.8) is 0 Å². The molecule has 0 radical (unpaired) electrons. The van der Waals surface area contributed by atoms with Crippen LogP contribution in [0.25, 0.3) is 0 Å². The third kappa shape index (κ3) is 3.43. The first kappa shape index (κ1) is 17.0. The monoisotopic (exact) mass is 350 g/mol. The lowest BCUT2D eigenvalue weighted by Crippen LogP contribution is -2.54. The summed E-state index contributed by atoms with van der Waals surface area (Å²) in [6.45, 7) is 5.70. The molecule has 5 nitrogen and oxygen atoms in total. The number of carbonyl (C=O) groups excluding carboxylic acids is 1. The van der Waals surface area contributed by atoms with Gasteiger partial charge in [-0.3, -0.25) is 9.78 Å². The average molecular weight is 350 g/mol. The Morgan fingerprint density at radius 1 is 1.12 bits per heavy atom. The number of aromatic nitrogens is 2. The Balaban J connectivity index is 1.52. The fourth-order valence-corrected chi connectivity index (χ4v) is 4.49. The Morgan fingerprint density at radius 2 is 1.96 bits per heavy atom. The van der Waals surface area contributed by atoms with Crippen molar-refractivity contribution in [1.82, 2.24) is 14.9 Å². The maximum absolute atomic E-state index is 12.5. The lowest BCUT2D eigenvalue weighted by atomic mass is 9.73. The van der Waals surface area contributed by atoms with E-state index in [4.69, 9.17) is 0 Å². The van der Waals surface area contributed by atoms with Crippen LogP contribution in [0.2, 0.25) is 0 Å². The second-order valence-electron chi connectivity index (χ2n) is 7.77.